The molecule has 3 aromatic rings. The van der Waals surface area contributed by atoms with Gasteiger partial charge in [0.05, 0.1) is 30.1 Å². The zero-order valence-electron chi connectivity index (χ0n) is 15.6. The van der Waals surface area contributed by atoms with Crippen LogP contribution in [0.15, 0.2) is 33.7 Å². The lowest BCUT2D eigenvalue weighted by Crippen LogP contribution is -2.33. The molecule has 1 unspecified atom stereocenters. The summed E-state index contributed by atoms with van der Waals surface area (Å²) >= 11 is 0. The van der Waals surface area contributed by atoms with Gasteiger partial charge in [0, 0.05) is 13.7 Å². The fourth-order valence-electron chi connectivity index (χ4n) is 3.73. The molecule has 1 aromatic carbocycles. The molecule has 3 heterocycles. The molecule has 1 fully saturated rings. The first-order valence-electron chi connectivity index (χ1n) is 9.19. The average molecular weight is 369 g/mol. The van der Waals surface area contributed by atoms with Crippen LogP contribution in [0.1, 0.15) is 36.1 Å². The minimum atomic E-state index is -0.0150. The molecule has 4 rings (SSSR count). The van der Waals surface area contributed by atoms with Crippen LogP contribution in [-0.2, 0) is 17.8 Å². The fourth-order valence-corrected chi connectivity index (χ4v) is 3.73. The van der Waals surface area contributed by atoms with Gasteiger partial charge in [-0.2, -0.15) is 0 Å². The molecule has 8 heteroatoms. The number of likely N-dealkylation sites (tertiary alicyclic amines) is 1. The van der Waals surface area contributed by atoms with Crippen molar-refractivity contribution in [3.8, 4) is 0 Å². The standard InChI is InChI=1S/C19H23N5O3/c1-13-16(22-27-21-13)12-23-9-5-8-17(23)18-20-15-7-4-3-6-14(15)19(25)24(18)10-11-26-2/h3-4,6-7,17H,5,8-12H2,1-2H3. The van der Waals surface area contributed by atoms with Crippen LogP contribution in [0, 0.1) is 6.92 Å². The van der Waals surface area contributed by atoms with Gasteiger partial charge >= 0.3 is 0 Å². The number of hydrogen-bond acceptors (Lipinski definition) is 7. The average Bonchev–Trinajstić information content (AvgIpc) is 3.30. The number of fused-ring (bicyclic) bond motifs is 1. The Bertz CT molecular complexity index is 996. The van der Waals surface area contributed by atoms with Crippen molar-refractivity contribution in [2.45, 2.75) is 38.9 Å². The molecule has 0 saturated carbocycles. The third-order valence-corrected chi connectivity index (χ3v) is 5.17. The molecule has 0 aliphatic carbocycles. The molecule has 0 radical (unpaired) electrons. The first-order chi connectivity index (χ1) is 13.2. The summed E-state index contributed by atoms with van der Waals surface area (Å²) in [6.45, 7) is 4.39. The Balaban J connectivity index is 1.76. The molecule has 8 nitrogen and oxygen atoms in total. The predicted octanol–water partition coefficient (Wildman–Crippen LogP) is 2.07. The maximum atomic E-state index is 13.1. The highest BCUT2D eigenvalue weighted by Crippen LogP contribution is 2.32. The Morgan fingerprint density at radius 2 is 2.15 bits per heavy atom. The molecule has 27 heavy (non-hydrogen) atoms. The topological polar surface area (TPSA) is 86.3 Å². The van der Waals surface area contributed by atoms with Gasteiger partial charge in [-0.25, -0.2) is 9.61 Å². The molecule has 0 amide bonds. The van der Waals surface area contributed by atoms with Gasteiger partial charge in [0.15, 0.2) is 0 Å². The van der Waals surface area contributed by atoms with Gasteiger partial charge in [0.1, 0.15) is 17.2 Å². The van der Waals surface area contributed by atoms with E-state index in [0.717, 1.165) is 42.1 Å². The van der Waals surface area contributed by atoms with E-state index in [4.69, 9.17) is 14.3 Å². The lowest BCUT2D eigenvalue weighted by molar-refractivity contribution is 0.178. The number of benzene rings is 1. The van der Waals surface area contributed by atoms with Crippen LogP contribution in [0.4, 0.5) is 0 Å². The second kappa shape index (κ2) is 7.58. The van der Waals surface area contributed by atoms with Crippen molar-refractivity contribution in [3.05, 3.63) is 51.8 Å². The molecule has 142 valence electrons. The van der Waals surface area contributed by atoms with E-state index in [1.165, 1.54) is 0 Å². The number of methoxy groups -OCH3 is 1. The summed E-state index contributed by atoms with van der Waals surface area (Å²) in [7, 11) is 1.64. The largest absolute Gasteiger partial charge is 0.383 e. The molecule has 1 aliphatic rings. The highest BCUT2D eigenvalue weighted by atomic mass is 16.6. The van der Waals surface area contributed by atoms with Crippen LogP contribution in [0.3, 0.4) is 0 Å². The van der Waals surface area contributed by atoms with E-state index in [9.17, 15) is 4.79 Å². The molecule has 1 saturated heterocycles. The van der Waals surface area contributed by atoms with Gasteiger partial charge in [-0.1, -0.05) is 22.4 Å². The lowest BCUT2D eigenvalue weighted by Gasteiger charge is -2.25. The van der Waals surface area contributed by atoms with Gasteiger partial charge in [0.2, 0.25) is 0 Å². The number of para-hydroxylation sites is 1. The molecule has 1 atom stereocenters. The Kier molecular flexibility index (Phi) is 5.00. The third-order valence-electron chi connectivity index (χ3n) is 5.17. The van der Waals surface area contributed by atoms with Crippen molar-refractivity contribution in [2.75, 3.05) is 20.3 Å². The first-order valence-corrected chi connectivity index (χ1v) is 9.19. The van der Waals surface area contributed by atoms with Crippen molar-refractivity contribution < 1.29 is 9.37 Å². The maximum Gasteiger partial charge on any atom is 0.261 e. The van der Waals surface area contributed by atoms with Crippen LogP contribution in [0.5, 0.6) is 0 Å². The second-order valence-electron chi connectivity index (χ2n) is 6.86. The molecule has 0 bridgehead atoms. The highest BCUT2D eigenvalue weighted by Gasteiger charge is 2.31. The summed E-state index contributed by atoms with van der Waals surface area (Å²) < 4.78 is 11.8. The van der Waals surface area contributed by atoms with Crippen LogP contribution < -0.4 is 5.56 Å². The van der Waals surface area contributed by atoms with Gasteiger partial charge in [-0.15, -0.1) is 0 Å². The zero-order chi connectivity index (χ0) is 18.8. The summed E-state index contributed by atoms with van der Waals surface area (Å²) in [6.07, 6.45) is 1.99. The van der Waals surface area contributed by atoms with Crippen LogP contribution >= 0.6 is 0 Å². The fraction of sp³-hybridized carbons (Fsp3) is 0.474. The monoisotopic (exact) mass is 369 g/mol. The van der Waals surface area contributed by atoms with E-state index in [2.05, 4.69) is 15.2 Å². The summed E-state index contributed by atoms with van der Waals surface area (Å²) in [6, 6.07) is 7.55. The number of aryl methyl sites for hydroxylation is 1. The van der Waals surface area contributed by atoms with E-state index in [1.807, 2.05) is 31.2 Å². The molecule has 0 N–H and O–H groups in total. The lowest BCUT2D eigenvalue weighted by atomic mass is 10.1. The van der Waals surface area contributed by atoms with E-state index in [-0.39, 0.29) is 11.6 Å². The van der Waals surface area contributed by atoms with E-state index < -0.39 is 0 Å². The van der Waals surface area contributed by atoms with Crippen molar-refractivity contribution >= 4 is 10.9 Å². The number of aromatic nitrogens is 4. The number of ether oxygens (including phenoxy) is 1. The maximum absolute atomic E-state index is 13.1. The SMILES string of the molecule is COCCn1c(C2CCCN2Cc2nonc2C)nc2ccccc2c1=O. The Hall–Kier alpha value is -2.58. The number of nitrogens with zero attached hydrogens (tertiary/aromatic N) is 5. The first kappa shape index (κ1) is 17.8. The molecule has 0 spiro atoms. The van der Waals surface area contributed by atoms with Crippen LogP contribution in [0.25, 0.3) is 10.9 Å². The molecular weight excluding hydrogens is 346 g/mol. The summed E-state index contributed by atoms with van der Waals surface area (Å²) in [5.74, 6) is 0.794. The zero-order valence-corrected chi connectivity index (χ0v) is 15.6. The Morgan fingerprint density at radius 3 is 2.93 bits per heavy atom. The molecule has 1 aliphatic heterocycles. The smallest absolute Gasteiger partial charge is 0.261 e. The summed E-state index contributed by atoms with van der Waals surface area (Å²) in [5, 5.41) is 8.52. The van der Waals surface area contributed by atoms with E-state index in [1.54, 1.807) is 11.7 Å². The quantitative estimate of drug-likeness (QED) is 0.657. The second-order valence-corrected chi connectivity index (χ2v) is 6.86. The third kappa shape index (κ3) is 3.38. The van der Waals surface area contributed by atoms with Gasteiger partial charge < -0.3 is 4.74 Å². The van der Waals surface area contributed by atoms with Crippen LogP contribution in [-0.4, -0.2) is 45.0 Å². The van der Waals surface area contributed by atoms with Crippen molar-refractivity contribution in [1.29, 1.82) is 0 Å². The Labute approximate surface area is 156 Å². The Morgan fingerprint density at radius 1 is 1.30 bits per heavy atom. The van der Waals surface area contributed by atoms with E-state index in [0.29, 0.717) is 25.1 Å². The van der Waals surface area contributed by atoms with Gasteiger partial charge in [-0.05, 0) is 38.4 Å². The van der Waals surface area contributed by atoms with E-state index >= 15 is 0 Å². The summed E-state index contributed by atoms with van der Waals surface area (Å²) in [5.41, 5.74) is 2.34. The van der Waals surface area contributed by atoms with Crippen molar-refractivity contribution in [1.82, 2.24) is 24.8 Å². The minimum Gasteiger partial charge on any atom is -0.383 e. The molecule has 2 aromatic heterocycles. The normalized spacial score (nSPS) is 17.8. The van der Waals surface area contributed by atoms with Gasteiger partial charge in [0.25, 0.3) is 5.56 Å². The van der Waals surface area contributed by atoms with Gasteiger partial charge in [-0.3, -0.25) is 14.3 Å². The van der Waals surface area contributed by atoms with Crippen molar-refractivity contribution in [2.24, 2.45) is 0 Å². The predicted molar refractivity (Wildman–Crippen MR) is 99.3 cm³/mol. The highest BCUT2D eigenvalue weighted by molar-refractivity contribution is 5.77. The van der Waals surface area contributed by atoms with Crippen LogP contribution in [0.2, 0.25) is 0 Å². The summed E-state index contributed by atoms with van der Waals surface area (Å²) in [4.78, 5) is 20.3. The van der Waals surface area contributed by atoms with Crippen molar-refractivity contribution in [3.63, 3.8) is 0 Å². The molecular formula is C19H23N5O3. The number of rotatable bonds is 6. The minimum absolute atomic E-state index is 0.0150. The number of hydrogen-bond donors (Lipinski definition) is 0.